The van der Waals surface area contributed by atoms with E-state index in [1.807, 2.05) is 0 Å². The van der Waals surface area contributed by atoms with Crippen LogP contribution in [0.2, 0.25) is 0 Å². The van der Waals surface area contributed by atoms with Gasteiger partial charge >= 0.3 is 6.36 Å². The van der Waals surface area contributed by atoms with Crippen LogP contribution < -0.4 is 15.8 Å². The molecule has 0 radical (unpaired) electrons. The van der Waals surface area contributed by atoms with Crippen LogP contribution in [0.3, 0.4) is 0 Å². The van der Waals surface area contributed by atoms with Gasteiger partial charge in [-0.15, -0.1) is 13.2 Å². The standard InChI is InChI=1S/C18H27F3N4O/c19-18(20,21)26-16-9-7-15(8-10-16)24-17(22)23-11-3-1-4-12-25-13-5-2-6-14-25/h7-10H,1-6,11-14H2,(H3,22,23,24). The van der Waals surface area contributed by atoms with E-state index in [0.717, 1.165) is 19.4 Å². The number of guanidine groups is 1. The lowest BCUT2D eigenvalue weighted by Gasteiger charge is -2.26. The minimum atomic E-state index is -4.69. The van der Waals surface area contributed by atoms with Crippen molar-refractivity contribution in [2.24, 2.45) is 10.7 Å². The van der Waals surface area contributed by atoms with Crippen molar-refractivity contribution in [3.8, 4) is 5.75 Å². The van der Waals surface area contributed by atoms with Crippen LogP contribution in [0.5, 0.6) is 5.75 Å². The van der Waals surface area contributed by atoms with E-state index in [1.54, 1.807) is 0 Å². The molecular formula is C18H27F3N4O. The Morgan fingerprint density at radius 2 is 1.77 bits per heavy atom. The highest BCUT2D eigenvalue weighted by Gasteiger charge is 2.30. The first kappa shape index (κ1) is 20.4. The van der Waals surface area contributed by atoms with E-state index in [1.165, 1.54) is 63.0 Å². The number of benzene rings is 1. The molecule has 1 heterocycles. The number of nitrogens with one attached hydrogen (secondary N) is 1. The molecule has 2 rings (SSSR count). The zero-order valence-corrected chi connectivity index (χ0v) is 14.9. The molecule has 1 aliphatic heterocycles. The summed E-state index contributed by atoms with van der Waals surface area (Å²) >= 11 is 0. The molecule has 8 heteroatoms. The molecule has 0 amide bonds. The van der Waals surface area contributed by atoms with Crippen LogP contribution in [-0.4, -0.2) is 43.4 Å². The molecule has 0 aromatic heterocycles. The van der Waals surface area contributed by atoms with Gasteiger partial charge in [-0.25, -0.2) is 0 Å². The molecule has 26 heavy (non-hydrogen) atoms. The number of hydrogen-bond acceptors (Lipinski definition) is 3. The lowest BCUT2D eigenvalue weighted by Crippen LogP contribution is -2.30. The monoisotopic (exact) mass is 372 g/mol. The predicted molar refractivity (Wildman–Crippen MR) is 97.4 cm³/mol. The molecule has 0 aliphatic carbocycles. The first-order valence-electron chi connectivity index (χ1n) is 9.07. The van der Waals surface area contributed by atoms with Crippen LogP contribution in [-0.2, 0) is 0 Å². The van der Waals surface area contributed by atoms with Gasteiger partial charge in [-0.05, 0) is 69.6 Å². The number of halogens is 3. The molecule has 0 atom stereocenters. The summed E-state index contributed by atoms with van der Waals surface area (Å²) < 4.78 is 40.1. The summed E-state index contributed by atoms with van der Waals surface area (Å²) in [6.45, 7) is 4.24. The first-order chi connectivity index (χ1) is 12.4. The summed E-state index contributed by atoms with van der Waals surface area (Å²) in [5, 5.41) is 2.86. The van der Waals surface area contributed by atoms with Crippen LogP contribution in [0.1, 0.15) is 38.5 Å². The molecule has 1 aliphatic rings. The van der Waals surface area contributed by atoms with E-state index in [4.69, 9.17) is 5.73 Å². The van der Waals surface area contributed by atoms with Crippen LogP contribution in [0.15, 0.2) is 29.3 Å². The fraction of sp³-hybridized carbons (Fsp3) is 0.611. The number of rotatable bonds is 8. The third-order valence-electron chi connectivity index (χ3n) is 4.22. The predicted octanol–water partition coefficient (Wildman–Crippen LogP) is 3.97. The minimum absolute atomic E-state index is 0.255. The number of anilines is 1. The van der Waals surface area contributed by atoms with Gasteiger partial charge in [0.05, 0.1) is 0 Å². The third-order valence-corrected chi connectivity index (χ3v) is 4.22. The van der Waals surface area contributed by atoms with Gasteiger partial charge in [0.1, 0.15) is 5.75 Å². The highest BCUT2D eigenvalue weighted by atomic mass is 19.4. The Hall–Kier alpha value is -1.96. The van der Waals surface area contributed by atoms with Crippen LogP contribution >= 0.6 is 0 Å². The SMILES string of the molecule is NC(=NCCCCCN1CCCCC1)Nc1ccc(OC(F)(F)F)cc1. The largest absolute Gasteiger partial charge is 0.573 e. The second-order valence-electron chi connectivity index (χ2n) is 6.43. The number of alkyl halides is 3. The van der Waals surface area contributed by atoms with Gasteiger partial charge in [0.2, 0.25) is 0 Å². The van der Waals surface area contributed by atoms with Crippen molar-refractivity contribution in [2.45, 2.75) is 44.9 Å². The number of ether oxygens (including phenoxy) is 1. The van der Waals surface area contributed by atoms with E-state index in [2.05, 4.69) is 19.9 Å². The average molecular weight is 372 g/mol. The molecule has 3 N–H and O–H groups in total. The second-order valence-corrected chi connectivity index (χ2v) is 6.43. The van der Waals surface area contributed by atoms with Crippen molar-refractivity contribution in [3.05, 3.63) is 24.3 Å². The lowest BCUT2D eigenvalue weighted by molar-refractivity contribution is -0.274. The van der Waals surface area contributed by atoms with E-state index < -0.39 is 6.36 Å². The molecule has 0 saturated carbocycles. The summed E-state index contributed by atoms with van der Waals surface area (Å²) in [5.74, 6) is -0.0159. The molecule has 5 nitrogen and oxygen atoms in total. The van der Waals surface area contributed by atoms with Crippen LogP contribution in [0, 0.1) is 0 Å². The van der Waals surface area contributed by atoms with Crippen molar-refractivity contribution >= 4 is 11.6 Å². The van der Waals surface area contributed by atoms with Crippen molar-refractivity contribution in [3.63, 3.8) is 0 Å². The highest BCUT2D eigenvalue weighted by molar-refractivity contribution is 5.92. The molecule has 1 fully saturated rings. The molecule has 0 bridgehead atoms. The van der Waals surface area contributed by atoms with Gasteiger partial charge in [0.25, 0.3) is 0 Å². The highest BCUT2D eigenvalue weighted by Crippen LogP contribution is 2.23. The number of likely N-dealkylation sites (tertiary alicyclic amines) is 1. The number of nitrogens with zero attached hydrogens (tertiary/aromatic N) is 2. The Kier molecular flexibility index (Phi) is 8.03. The Labute approximate surface area is 152 Å². The summed E-state index contributed by atoms with van der Waals surface area (Å²) in [7, 11) is 0. The van der Waals surface area contributed by atoms with Gasteiger partial charge in [0.15, 0.2) is 5.96 Å². The van der Waals surface area contributed by atoms with Gasteiger partial charge in [-0.3, -0.25) is 4.99 Å². The third kappa shape index (κ3) is 8.42. The molecule has 1 saturated heterocycles. The number of aliphatic imine (C=N–C) groups is 1. The molecular weight excluding hydrogens is 345 g/mol. The second kappa shape index (κ2) is 10.3. The zero-order chi connectivity index (χ0) is 18.8. The fourth-order valence-corrected chi connectivity index (χ4v) is 2.93. The number of nitrogens with two attached hydrogens (primary N) is 1. The fourth-order valence-electron chi connectivity index (χ4n) is 2.93. The normalized spacial score (nSPS) is 16.5. The first-order valence-corrected chi connectivity index (χ1v) is 9.07. The van der Waals surface area contributed by atoms with Crippen molar-refractivity contribution in [1.29, 1.82) is 0 Å². The maximum Gasteiger partial charge on any atom is 0.573 e. The Balaban J connectivity index is 1.61. The van der Waals surface area contributed by atoms with E-state index in [9.17, 15) is 13.2 Å². The molecule has 1 aromatic rings. The zero-order valence-electron chi connectivity index (χ0n) is 14.9. The Morgan fingerprint density at radius 3 is 2.42 bits per heavy atom. The minimum Gasteiger partial charge on any atom is -0.406 e. The summed E-state index contributed by atoms with van der Waals surface area (Å²) in [4.78, 5) is 6.77. The van der Waals surface area contributed by atoms with Gasteiger partial charge in [-0.2, -0.15) is 0 Å². The van der Waals surface area contributed by atoms with Gasteiger partial charge in [-0.1, -0.05) is 12.8 Å². The van der Waals surface area contributed by atoms with Crippen molar-refractivity contribution < 1.29 is 17.9 Å². The van der Waals surface area contributed by atoms with Crippen molar-refractivity contribution in [2.75, 3.05) is 31.5 Å². The quantitative estimate of drug-likeness (QED) is 0.412. The average Bonchev–Trinajstić information content (AvgIpc) is 2.59. The maximum absolute atomic E-state index is 12.1. The molecule has 0 spiro atoms. The summed E-state index contributed by atoms with van der Waals surface area (Å²) in [6.07, 6.45) is 2.54. The summed E-state index contributed by atoms with van der Waals surface area (Å²) in [6, 6.07) is 5.37. The summed E-state index contributed by atoms with van der Waals surface area (Å²) in [5.41, 5.74) is 6.36. The molecule has 146 valence electrons. The van der Waals surface area contributed by atoms with Gasteiger partial charge < -0.3 is 20.7 Å². The smallest absolute Gasteiger partial charge is 0.406 e. The molecule has 0 unspecified atom stereocenters. The molecule has 1 aromatic carbocycles. The van der Waals surface area contributed by atoms with Crippen LogP contribution in [0.25, 0.3) is 0 Å². The lowest BCUT2D eigenvalue weighted by atomic mass is 10.1. The maximum atomic E-state index is 12.1. The van der Waals surface area contributed by atoms with Gasteiger partial charge in [0, 0.05) is 12.2 Å². The van der Waals surface area contributed by atoms with Crippen LogP contribution in [0.4, 0.5) is 18.9 Å². The van der Waals surface area contributed by atoms with E-state index in [0.29, 0.717) is 12.2 Å². The Bertz CT molecular complexity index is 555. The number of piperidine rings is 1. The van der Waals surface area contributed by atoms with E-state index >= 15 is 0 Å². The number of hydrogen-bond donors (Lipinski definition) is 2. The van der Waals surface area contributed by atoms with E-state index in [-0.39, 0.29) is 11.7 Å². The van der Waals surface area contributed by atoms with Crippen molar-refractivity contribution in [1.82, 2.24) is 4.90 Å². The Morgan fingerprint density at radius 1 is 1.08 bits per heavy atom. The number of unbranched alkanes of at least 4 members (excludes halogenated alkanes) is 2. The topological polar surface area (TPSA) is 62.9 Å².